The molecular formula is C24H28F4N4O. The van der Waals surface area contributed by atoms with Crippen molar-refractivity contribution in [3.8, 4) is 11.3 Å². The number of likely N-dealkylation sites (tertiary alicyclic amines) is 1. The van der Waals surface area contributed by atoms with Crippen LogP contribution in [0.2, 0.25) is 0 Å². The van der Waals surface area contributed by atoms with E-state index >= 15 is 0 Å². The number of ether oxygens (including phenoxy) is 1. The number of aryl methyl sites for hydroxylation is 1. The van der Waals surface area contributed by atoms with Crippen molar-refractivity contribution in [2.45, 2.75) is 38.4 Å². The van der Waals surface area contributed by atoms with Crippen molar-refractivity contribution in [1.82, 2.24) is 15.1 Å². The van der Waals surface area contributed by atoms with Gasteiger partial charge in [-0.2, -0.15) is 13.2 Å². The molecule has 1 aromatic heterocycles. The van der Waals surface area contributed by atoms with Gasteiger partial charge in [-0.1, -0.05) is 6.07 Å². The van der Waals surface area contributed by atoms with E-state index in [9.17, 15) is 17.6 Å². The molecular weight excluding hydrogens is 436 g/mol. The van der Waals surface area contributed by atoms with E-state index in [-0.39, 0.29) is 17.6 Å². The van der Waals surface area contributed by atoms with Crippen molar-refractivity contribution in [2.75, 3.05) is 38.2 Å². The summed E-state index contributed by atoms with van der Waals surface area (Å²) in [6.07, 6.45) is -1.83. The predicted octanol–water partition coefficient (Wildman–Crippen LogP) is 4.77. The van der Waals surface area contributed by atoms with Gasteiger partial charge in [-0.15, -0.1) is 10.2 Å². The summed E-state index contributed by atoms with van der Waals surface area (Å²) in [5, 5.41) is 10.9. The van der Waals surface area contributed by atoms with Gasteiger partial charge >= 0.3 is 6.18 Å². The first-order chi connectivity index (χ1) is 15.8. The van der Waals surface area contributed by atoms with Gasteiger partial charge in [0.05, 0.1) is 12.3 Å². The molecule has 1 aliphatic carbocycles. The summed E-state index contributed by atoms with van der Waals surface area (Å²) >= 11 is 0. The van der Waals surface area contributed by atoms with Gasteiger partial charge in [-0.3, -0.25) is 0 Å². The standard InChI is InChI=1S/C24H28F4N4O/c1-14-2-3-18(25)8-20(14)22-9-21(24(26,27)28)23(31-30-22)29-19-6-16-11-32(12-17(16)7-19)10-15-4-5-33-13-15/h2-3,8-9,15-17,19H,4-7,10-13H2,1H3,(H,29,31)/t15-,16-,17+,19-/m0/s1. The summed E-state index contributed by atoms with van der Waals surface area (Å²) in [5.41, 5.74) is 0.0929. The summed E-state index contributed by atoms with van der Waals surface area (Å²) in [6.45, 7) is 6.42. The summed E-state index contributed by atoms with van der Waals surface area (Å²) in [4.78, 5) is 2.49. The fraction of sp³-hybridized carbons (Fsp3) is 0.583. The highest BCUT2D eigenvalue weighted by molar-refractivity contribution is 5.65. The lowest BCUT2D eigenvalue weighted by molar-refractivity contribution is -0.137. The molecule has 0 amide bonds. The van der Waals surface area contributed by atoms with Crippen LogP contribution in [0.1, 0.15) is 30.4 Å². The molecule has 2 aromatic rings. The molecule has 3 heterocycles. The minimum absolute atomic E-state index is 0.0136. The Kier molecular flexibility index (Phi) is 6.03. The lowest BCUT2D eigenvalue weighted by Gasteiger charge is -2.23. The number of benzene rings is 1. The number of fused-ring (bicyclic) bond motifs is 1. The largest absolute Gasteiger partial charge is 0.420 e. The van der Waals surface area contributed by atoms with Crippen LogP contribution in [0.15, 0.2) is 24.3 Å². The van der Waals surface area contributed by atoms with Crippen molar-refractivity contribution in [1.29, 1.82) is 0 Å². The van der Waals surface area contributed by atoms with Crippen LogP contribution in [0.25, 0.3) is 11.3 Å². The maximum atomic E-state index is 13.9. The van der Waals surface area contributed by atoms with Gasteiger partial charge in [-0.25, -0.2) is 4.39 Å². The van der Waals surface area contributed by atoms with Gasteiger partial charge in [0.15, 0.2) is 5.82 Å². The number of hydrogen-bond acceptors (Lipinski definition) is 5. The Bertz CT molecular complexity index is 994. The van der Waals surface area contributed by atoms with Gasteiger partial charge in [0.25, 0.3) is 0 Å². The number of nitrogens with zero attached hydrogens (tertiary/aromatic N) is 3. The minimum atomic E-state index is -4.59. The first-order valence-electron chi connectivity index (χ1n) is 11.5. The second kappa shape index (κ2) is 8.83. The van der Waals surface area contributed by atoms with Crippen LogP contribution in [0, 0.1) is 30.5 Å². The Labute approximate surface area is 190 Å². The Balaban J connectivity index is 1.29. The summed E-state index contributed by atoms with van der Waals surface area (Å²) in [5.74, 6) is 0.802. The van der Waals surface area contributed by atoms with Gasteiger partial charge in [-0.05, 0) is 67.7 Å². The third kappa shape index (κ3) is 4.84. The average Bonchev–Trinajstić information content (AvgIpc) is 3.47. The number of hydrogen-bond donors (Lipinski definition) is 1. The van der Waals surface area contributed by atoms with Crippen LogP contribution in [-0.2, 0) is 10.9 Å². The zero-order chi connectivity index (χ0) is 23.2. The topological polar surface area (TPSA) is 50.3 Å². The lowest BCUT2D eigenvalue weighted by atomic mass is 10.0. The second-order valence-electron chi connectivity index (χ2n) is 9.73. The van der Waals surface area contributed by atoms with E-state index in [0.29, 0.717) is 28.9 Å². The van der Waals surface area contributed by atoms with E-state index in [1.54, 1.807) is 6.92 Å². The molecule has 1 N–H and O–H groups in total. The third-order valence-corrected chi connectivity index (χ3v) is 7.28. The number of rotatable bonds is 5. The molecule has 178 valence electrons. The molecule has 2 aliphatic heterocycles. The van der Waals surface area contributed by atoms with E-state index in [1.165, 1.54) is 18.2 Å². The van der Waals surface area contributed by atoms with E-state index in [1.807, 2.05) is 0 Å². The third-order valence-electron chi connectivity index (χ3n) is 7.28. The molecule has 5 rings (SSSR count). The highest BCUT2D eigenvalue weighted by Gasteiger charge is 2.43. The number of aromatic nitrogens is 2. The molecule has 0 unspecified atom stereocenters. The van der Waals surface area contributed by atoms with Gasteiger partial charge in [0, 0.05) is 37.8 Å². The minimum Gasteiger partial charge on any atom is -0.381 e. The first kappa shape index (κ1) is 22.5. The molecule has 1 saturated carbocycles. The average molecular weight is 465 g/mol. The van der Waals surface area contributed by atoms with Crippen LogP contribution in [-0.4, -0.2) is 54.0 Å². The number of alkyl halides is 3. The monoisotopic (exact) mass is 464 g/mol. The first-order valence-corrected chi connectivity index (χ1v) is 11.5. The molecule has 3 fully saturated rings. The van der Waals surface area contributed by atoms with Crippen LogP contribution in [0.5, 0.6) is 0 Å². The molecule has 4 atom stereocenters. The van der Waals surface area contributed by atoms with E-state index in [2.05, 4.69) is 20.4 Å². The molecule has 0 radical (unpaired) electrons. The van der Waals surface area contributed by atoms with Crippen LogP contribution >= 0.6 is 0 Å². The number of nitrogens with one attached hydrogen (secondary N) is 1. The fourth-order valence-electron chi connectivity index (χ4n) is 5.67. The van der Waals surface area contributed by atoms with E-state index < -0.39 is 17.6 Å². The van der Waals surface area contributed by atoms with Crippen molar-refractivity contribution in [3.63, 3.8) is 0 Å². The lowest BCUT2D eigenvalue weighted by Crippen LogP contribution is -2.30. The Morgan fingerprint density at radius 3 is 2.55 bits per heavy atom. The van der Waals surface area contributed by atoms with Crippen molar-refractivity contribution >= 4 is 5.82 Å². The van der Waals surface area contributed by atoms with E-state index in [0.717, 1.165) is 58.2 Å². The van der Waals surface area contributed by atoms with Crippen LogP contribution in [0.4, 0.5) is 23.4 Å². The Hall–Kier alpha value is -2.26. The second-order valence-corrected chi connectivity index (χ2v) is 9.73. The van der Waals surface area contributed by atoms with Crippen molar-refractivity contribution < 1.29 is 22.3 Å². The Morgan fingerprint density at radius 1 is 1.12 bits per heavy atom. The zero-order valence-electron chi connectivity index (χ0n) is 18.5. The highest BCUT2D eigenvalue weighted by Crippen LogP contribution is 2.42. The van der Waals surface area contributed by atoms with Crippen LogP contribution in [0.3, 0.4) is 0 Å². The summed E-state index contributed by atoms with van der Waals surface area (Å²) < 4.78 is 60.8. The number of anilines is 1. The van der Waals surface area contributed by atoms with Gasteiger partial charge in [0.1, 0.15) is 11.4 Å². The normalized spacial score (nSPS) is 27.8. The smallest absolute Gasteiger partial charge is 0.381 e. The van der Waals surface area contributed by atoms with Crippen molar-refractivity contribution in [3.05, 3.63) is 41.2 Å². The maximum absolute atomic E-state index is 13.9. The van der Waals surface area contributed by atoms with E-state index in [4.69, 9.17) is 4.74 Å². The fourth-order valence-corrected chi connectivity index (χ4v) is 5.67. The molecule has 0 spiro atoms. The number of halogens is 4. The quantitative estimate of drug-likeness (QED) is 0.647. The Morgan fingerprint density at radius 2 is 1.88 bits per heavy atom. The summed E-state index contributed by atoms with van der Waals surface area (Å²) in [6, 6.07) is 4.89. The zero-order valence-corrected chi connectivity index (χ0v) is 18.5. The highest BCUT2D eigenvalue weighted by atomic mass is 19.4. The van der Waals surface area contributed by atoms with Crippen molar-refractivity contribution in [2.24, 2.45) is 17.8 Å². The summed E-state index contributed by atoms with van der Waals surface area (Å²) in [7, 11) is 0. The molecule has 2 saturated heterocycles. The SMILES string of the molecule is Cc1ccc(F)cc1-c1cc(C(F)(F)F)c(N[C@@H]2C[C@@H]3CN(C[C@@H]4CCOC4)C[C@@H]3C2)nn1. The molecule has 3 aliphatic rings. The molecule has 33 heavy (non-hydrogen) atoms. The molecule has 1 aromatic carbocycles. The maximum Gasteiger partial charge on any atom is 0.420 e. The van der Waals surface area contributed by atoms with Gasteiger partial charge in [0.2, 0.25) is 0 Å². The predicted molar refractivity (Wildman–Crippen MR) is 116 cm³/mol. The van der Waals surface area contributed by atoms with Crippen LogP contribution < -0.4 is 5.32 Å². The van der Waals surface area contributed by atoms with Gasteiger partial charge < -0.3 is 15.0 Å². The molecule has 9 heteroatoms. The molecule has 5 nitrogen and oxygen atoms in total. The molecule has 0 bridgehead atoms.